The highest BCUT2D eigenvalue weighted by Crippen LogP contribution is 2.30. The van der Waals surface area contributed by atoms with Crippen LogP contribution >= 0.6 is 0 Å². The first-order chi connectivity index (χ1) is 7.54. The monoisotopic (exact) mass is 285 g/mol. The standard InChI is InChI=1S/C9H19NO5S2/c1-10(7-9(11)5-3-4-6-9)17(14,15)8-16(2,12)13/h11H,3-8H2,1-2H3. The Labute approximate surface area is 103 Å². The van der Waals surface area contributed by atoms with Crippen molar-refractivity contribution in [1.82, 2.24) is 4.31 Å². The van der Waals surface area contributed by atoms with Gasteiger partial charge in [0.15, 0.2) is 14.9 Å². The van der Waals surface area contributed by atoms with E-state index in [0.717, 1.165) is 23.4 Å². The van der Waals surface area contributed by atoms with Gasteiger partial charge in [0, 0.05) is 19.8 Å². The molecule has 1 aliphatic carbocycles. The molecule has 1 aliphatic rings. The lowest BCUT2D eigenvalue weighted by Gasteiger charge is -2.27. The topological polar surface area (TPSA) is 91.8 Å². The number of hydrogen-bond acceptors (Lipinski definition) is 5. The highest BCUT2D eigenvalue weighted by molar-refractivity contribution is 8.06. The third kappa shape index (κ3) is 4.53. The number of likely N-dealkylation sites (N-methyl/N-ethyl adjacent to an activating group) is 1. The van der Waals surface area contributed by atoms with Crippen LogP contribution in [0.5, 0.6) is 0 Å². The second-order valence-corrected chi connectivity index (χ2v) is 9.42. The molecule has 1 rings (SSSR count). The van der Waals surface area contributed by atoms with Crippen molar-refractivity contribution in [2.75, 3.05) is 24.9 Å². The summed E-state index contributed by atoms with van der Waals surface area (Å²) >= 11 is 0. The maximum Gasteiger partial charge on any atom is 0.228 e. The first-order valence-electron chi connectivity index (χ1n) is 5.38. The van der Waals surface area contributed by atoms with Crippen molar-refractivity contribution < 1.29 is 21.9 Å². The Bertz CT molecular complexity index is 462. The average molecular weight is 285 g/mol. The predicted molar refractivity (Wildman–Crippen MR) is 64.7 cm³/mol. The molecule has 0 aromatic heterocycles. The quantitative estimate of drug-likeness (QED) is 0.739. The molecule has 0 heterocycles. The minimum Gasteiger partial charge on any atom is -0.389 e. The number of aliphatic hydroxyl groups is 1. The normalized spacial score (nSPS) is 20.9. The molecule has 0 aromatic carbocycles. The molecule has 17 heavy (non-hydrogen) atoms. The lowest BCUT2D eigenvalue weighted by molar-refractivity contribution is 0.0334. The van der Waals surface area contributed by atoms with Gasteiger partial charge in [-0.2, -0.15) is 0 Å². The van der Waals surface area contributed by atoms with Crippen LogP contribution in [0.25, 0.3) is 0 Å². The largest absolute Gasteiger partial charge is 0.389 e. The fourth-order valence-electron chi connectivity index (χ4n) is 2.06. The van der Waals surface area contributed by atoms with E-state index >= 15 is 0 Å². The maximum absolute atomic E-state index is 11.7. The summed E-state index contributed by atoms with van der Waals surface area (Å²) in [6.07, 6.45) is 3.74. The molecular weight excluding hydrogens is 266 g/mol. The molecule has 0 aliphatic heterocycles. The van der Waals surface area contributed by atoms with Crippen LogP contribution in [0.2, 0.25) is 0 Å². The summed E-state index contributed by atoms with van der Waals surface area (Å²) in [6, 6.07) is 0. The van der Waals surface area contributed by atoms with E-state index in [4.69, 9.17) is 0 Å². The SMILES string of the molecule is CN(CC1(O)CCCC1)S(=O)(=O)CS(C)(=O)=O. The Morgan fingerprint density at radius 3 is 2.06 bits per heavy atom. The molecule has 0 saturated heterocycles. The van der Waals surface area contributed by atoms with E-state index in [1.54, 1.807) is 0 Å². The highest BCUT2D eigenvalue weighted by atomic mass is 32.3. The first-order valence-corrected chi connectivity index (χ1v) is 9.05. The zero-order chi connectivity index (χ0) is 13.3. The molecule has 8 heteroatoms. The van der Waals surface area contributed by atoms with Crippen LogP contribution in [0.4, 0.5) is 0 Å². The maximum atomic E-state index is 11.7. The van der Waals surface area contributed by atoms with Crippen LogP contribution in [0, 0.1) is 0 Å². The number of nitrogens with zero attached hydrogens (tertiary/aromatic N) is 1. The van der Waals surface area contributed by atoms with Gasteiger partial charge in [-0.25, -0.2) is 21.1 Å². The Balaban J connectivity index is 2.73. The molecule has 0 spiro atoms. The fourth-order valence-corrected chi connectivity index (χ4v) is 5.39. The number of sulfonamides is 1. The van der Waals surface area contributed by atoms with Gasteiger partial charge in [-0.3, -0.25) is 0 Å². The molecule has 1 saturated carbocycles. The van der Waals surface area contributed by atoms with Crippen molar-refractivity contribution in [3.8, 4) is 0 Å². The molecular formula is C9H19NO5S2. The van der Waals surface area contributed by atoms with Gasteiger partial charge in [-0.05, 0) is 12.8 Å². The lowest BCUT2D eigenvalue weighted by atomic mass is 10.0. The smallest absolute Gasteiger partial charge is 0.228 e. The molecule has 1 N–H and O–H groups in total. The van der Waals surface area contributed by atoms with Gasteiger partial charge in [-0.15, -0.1) is 0 Å². The van der Waals surface area contributed by atoms with E-state index in [-0.39, 0.29) is 6.54 Å². The summed E-state index contributed by atoms with van der Waals surface area (Å²) in [5, 5.41) is 9.16. The van der Waals surface area contributed by atoms with Crippen molar-refractivity contribution in [3.05, 3.63) is 0 Å². The average Bonchev–Trinajstić information content (AvgIpc) is 2.47. The van der Waals surface area contributed by atoms with Crippen LogP contribution in [0.3, 0.4) is 0 Å². The molecule has 0 atom stereocenters. The van der Waals surface area contributed by atoms with E-state index in [0.29, 0.717) is 12.8 Å². The second-order valence-electron chi connectivity index (χ2n) is 4.84. The summed E-state index contributed by atoms with van der Waals surface area (Å²) < 4.78 is 46.4. The Morgan fingerprint density at radius 1 is 1.18 bits per heavy atom. The van der Waals surface area contributed by atoms with Gasteiger partial charge in [0.1, 0.15) is 0 Å². The Hall–Kier alpha value is -0.180. The van der Waals surface area contributed by atoms with Crippen molar-refractivity contribution in [3.63, 3.8) is 0 Å². The zero-order valence-corrected chi connectivity index (χ0v) is 11.7. The minimum atomic E-state index is -3.86. The van der Waals surface area contributed by atoms with Gasteiger partial charge in [0.05, 0.1) is 5.60 Å². The van der Waals surface area contributed by atoms with E-state index < -0.39 is 30.5 Å². The van der Waals surface area contributed by atoms with Gasteiger partial charge in [0.2, 0.25) is 10.0 Å². The van der Waals surface area contributed by atoms with Gasteiger partial charge >= 0.3 is 0 Å². The molecule has 0 aromatic rings. The van der Waals surface area contributed by atoms with Gasteiger partial charge in [0.25, 0.3) is 0 Å². The Morgan fingerprint density at radius 2 is 1.65 bits per heavy atom. The fraction of sp³-hybridized carbons (Fsp3) is 1.00. The molecule has 102 valence electrons. The molecule has 0 amide bonds. The minimum absolute atomic E-state index is 0.0369. The number of sulfone groups is 1. The molecule has 0 radical (unpaired) electrons. The van der Waals surface area contributed by atoms with Crippen molar-refractivity contribution in [2.24, 2.45) is 0 Å². The third-order valence-electron chi connectivity index (χ3n) is 2.89. The molecule has 6 nitrogen and oxygen atoms in total. The molecule has 0 bridgehead atoms. The highest BCUT2D eigenvalue weighted by Gasteiger charge is 2.36. The van der Waals surface area contributed by atoms with E-state index in [1.807, 2.05) is 0 Å². The summed E-state index contributed by atoms with van der Waals surface area (Å²) in [7, 11) is -6.15. The van der Waals surface area contributed by atoms with E-state index in [2.05, 4.69) is 0 Å². The third-order valence-corrected chi connectivity index (χ3v) is 6.87. The zero-order valence-electron chi connectivity index (χ0n) is 10.1. The van der Waals surface area contributed by atoms with Crippen molar-refractivity contribution in [1.29, 1.82) is 0 Å². The summed E-state index contributed by atoms with van der Waals surface area (Å²) in [5.74, 6) is 0. The van der Waals surface area contributed by atoms with Crippen LogP contribution in [0.1, 0.15) is 25.7 Å². The van der Waals surface area contributed by atoms with E-state index in [9.17, 15) is 21.9 Å². The summed E-state index contributed by atoms with van der Waals surface area (Å²) in [5.41, 5.74) is -1.00. The van der Waals surface area contributed by atoms with Crippen LogP contribution < -0.4 is 0 Å². The van der Waals surface area contributed by atoms with Crippen molar-refractivity contribution in [2.45, 2.75) is 31.3 Å². The van der Waals surface area contributed by atoms with Crippen LogP contribution in [-0.4, -0.2) is 56.8 Å². The number of hydrogen-bond donors (Lipinski definition) is 1. The predicted octanol–water partition coefficient (Wildman–Crippen LogP) is -0.445. The molecule has 0 unspecified atom stereocenters. The molecule has 1 fully saturated rings. The van der Waals surface area contributed by atoms with Crippen LogP contribution in [-0.2, 0) is 19.9 Å². The van der Waals surface area contributed by atoms with Gasteiger partial charge in [-0.1, -0.05) is 12.8 Å². The second kappa shape index (κ2) is 4.83. The summed E-state index contributed by atoms with van der Waals surface area (Å²) in [6.45, 7) is -0.0369. The van der Waals surface area contributed by atoms with E-state index in [1.165, 1.54) is 7.05 Å². The first kappa shape index (κ1) is 14.9. The van der Waals surface area contributed by atoms with Crippen LogP contribution in [0.15, 0.2) is 0 Å². The summed E-state index contributed by atoms with van der Waals surface area (Å²) in [4.78, 5) is 0. The lowest BCUT2D eigenvalue weighted by Crippen LogP contribution is -2.43. The van der Waals surface area contributed by atoms with Gasteiger partial charge < -0.3 is 5.11 Å². The Kier molecular flexibility index (Phi) is 4.23. The number of rotatable bonds is 5. The van der Waals surface area contributed by atoms with Crippen molar-refractivity contribution >= 4 is 19.9 Å².